The van der Waals surface area contributed by atoms with Crippen LogP contribution in [0.5, 0.6) is 0 Å². The summed E-state index contributed by atoms with van der Waals surface area (Å²) >= 11 is 0. The Bertz CT molecular complexity index is 582. The molecule has 3 heteroatoms. The molecule has 3 saturated carbocycles. The fraction of sp³-hybridized carbons (Fsp3) is 0.857. The molecule has 0 aromatic heterocycles. The highest BCUT2D eigenvalue weighted by atomic mass is 16.3. The van der Waals surface area contributed by atoms with Gasteiger partial charge in [0, 0.05) is 5.92 Å². The second-order valence-corrected chi connectivity index (χ2v) is 9.59. The third kappa shape index (κ3) is 2.13. The van der Waals surface area contributed by atoms with Crippen LogP contribution in [0.15, 0.2) is 11.6 Å². The largest absolute Gasteiger partial charge is 0.393 e. The predicted octanol–water partition coefficient (Wildman–Crippen LogP) is 3.49. The lowest BCUT2D eigenvalue weighted by molar-refractivity contribution is -0.130. The summed E-state index contributed by atoms with van der Waals surface area (Å²) in [6.45, 7) is 6.34. The molecule has 0 unspecified atom stereocenters. The topological polar surface area (TPSA) is 57.5 Å². The first-order valence-electron chi connectivity index (χ1n) is 9.83. The van der Waals surface area contributed by atoms with Gasteiger partial charge in [-0.25, -0.2) is 0 Å². The van der Waals surface area contributed by atoms with Crippen molar-refractivity contribution in [2.45, 2.75) is 77.9 Å². The second-order valence-electron chi connectivity index (χ2n) is 9.59. The minimum Gasteiger partial charge on any atom is -0.393 e. The van der Waals surface area contributed by atoms with E-state index in [0.29, 0.717) is 17.8 Å². The molecule has 134 valence electrons. The zero-order valence-corrected chi connectivity index (χ0v) is 15.3. The Morgan fingerprint density at radius 2 is 1.92 bits per heavy atom. The number of aliphatic hydroxyl groups excluding tert-OH is 2. The number of Topliss-reactive ketones (excluding diaryl/α,β-unsaturated/α-hetero) is 1. The quantitative estimate of drug-likeness (QED) is 0.723. The first-order valence-corrected chi connectivity index (χ1v) is 9.83. The summed E-state index contributed by atoms with van der Waals surface area (Å²) in [5.41, 5.74) is 1.68. The molecular weight excluding hydrogens is 300 g/mol. The molecule has 24 heavy (non-hydrogen) atoms. The normalized spacial score (nSPS) is 53.6. The number of aliphatic hydroxyl groups is 2. The van der Waals surface area contributed by atoms with Crippen LogP contribution in [-0.4, -0.2) is 28.2 Å². The molecule has 0 spiro atoms. The standard InChI is InChI=1S/C21H32O3/c1-12(22)19-18(24)11-17-15-5-4-13-10-14(23)6-8-20(13,2)16(15)7-9-21(17,19)3/h4,14-19,23-24H,5-11H2,1-3H3/t14-,15-,16+,17+,18-,19+,20+,21+/m1/s1. The van der Waals surface area contributed by atoms with Gasteiger partial charge < -0.3 is 10.2 Å². The molecule has 0 bridgehead atoms. The average Bonchev–Trinajstić information content (AvgIpc) is 2.78. The van der Waals surface area contributed by atoms with Crippen molar-refractivity contribution in [2.24, 2.45) is 34.5 Å². The van der Waals surface area contributed by atoms with Crippen molar-refractivity contribution in [1.82, 2.24) is 0 Å². The fourth-order valence-electron chi connectivity index (χ4n) is 7.39. The Kier molecular flexibility index (Phi) is 3.78. The molecule has 2 N–H and O–H groups in total. The van der Waals surface area contributed by atoms with E-state index in [-0.39, 0.29) is 28.6 Å². The number of carbonyl (C=O) groups is 1. The van der Waals surface area contributed by atoms with Gasteiger partial charge in [-0.3, -0.25) is 4.79 Å². The van der Waals surface area contributed by atoms with Crippen molar-refractivity contribution in [3.05, 3.63) is 11.6 Å². The molecule has 3 nitrogen and oxygen atoms in total. The minimum absolute atomic E-state index is 0.0255. The Hall–Kier alpha value is -0.670. The van der Waals surface area contributed by atoms with Crippen LogP contribution in [0.25, 0.3) is 0 Å². The number of carbonyl (C=O) groups excluding carboxylic acids is 1. The Labute approximate surface area is 145 Å². The first kappa shape index (κ1) is 16.8. The number of hydrogen-bond acceptors (Lipinski definition) is 3. The van der Waals surface area contributed by atoms with Crippen molar-refractivity contribution in [3.63, 3.8) is 0 Å². The molecule has 0 saturated heterocycles. The van der Waals surface area contributed by atoms with Crippen molar-refractivity contribution in [1.29, 1.82) is 0 Å². The summed E-state index contributed by atoms with van der Waals surface area (Å²) in [6, 6.07) is 0. The molecule has 3 fully saturated rings. The molecule has 0 amide bonds. The van der Waals surface area contributed by atoms with Gasteiger partial charge in [0.25, 0.3) is 0 Å². The third-order valence-electron chi connectivity index (χ3n) is 8.54. The minimum atomic E-state index is -0.456. The van der Waals surface area contributed by atoms with E-state index in [4.69, 9.17) is 0 Å². The Balaban J connectivity index is 1.68. The second kappa shape index (κ2) is 5.41. The van der Waals surface area contributed by atoms with Crippen LogP contribution < -0.4 is 0 Å². The summed E-state index contributed by atoms with van der Waals surface area (Å²) in [6.07, 6.45) is 8.73. The SMILES string of the molecule is CC(=O)[C@H]1[C@H](O)C[C@H]2[C@@H]3CC=C4C[C@H](O)CC[C@]4(C)[C@H]3CC[C@@]21C. The van der Waals surface area contributed by atoms with Crippen LogP contribution in [0.4, 0.5) is 0 Å². The molecule has 0 aromatic carbocycles. The monoisotopic (exact) mass is 332 g/mol. The average molecular weight is 332 g/mol. The summed E-state index contributed by atoms with van der Waals surface area (Å²) in [7, 11) is 0. The smallest absolute Gasteiger partial charge is 0.136 e. The van der Waals surface area contributed by atoms with E-state index >= 15 is 0 Å². The maximum Gasteiger partial charge on any atom is 0.136 e. The lowest BCUT2D eigenvalue weighted by atomic mass is 9.47. The van der Waals surface area contributed by atoms with Gasteiger partial charge in [-0.2, -0.15) is 0 Å². The highest BCUT2D eigenvalue weighted by molar-refractivity contribution is 5.80. The zero-order chi connectivity index (χ0) is 17.3. The van der Waals surface area contributed by atoms with Gasteiger partial charge in [-0.05, 0) is 80.5 Å². The summed E-state index contributed by atoms with van der Waals surface area (Å²) in [5.74, 6) is 1.70. The van der Waals surface area contributed by atoms with Crippen LogP contribution in [-0.2, 0) is 4.79 Å². The highest BCUT2D eigenvalue weighted by Crippen LogP contribution is 2.66. The van der Waals surface area contributed by atoms with Crippen molar-refractivity contribution in [3.8, 4) is 0 Å². The van der Waals surface area contributed by atoms with Gasteiger partial charge in [0.15, 0.2) is 0 Å². The van der Waals surface area contributed by atoms with E-state index in [9.17, 15) is 15.0 Å². The van der Waals surface area contributed by atoms with E-state index in [0.717, 1.165) is 44.9 Å². The Morgan fingerprint density at radius 3 is 2.62 bits per heavy atom. The summed E-state index contributed by atoms with van der Waals surface area (Å²) < 4.78 is 0. The van der Waals surface area contributed by atoms with Crippen molar-refractivity contribution in [2.75, 3.05) is 0 Å². The molecular formula is C21H32O3. The number of ketones is 1. The van der Waals surface area contributed by atoms with E-state index in [2.05, 4.69) is 19.9 Å². The summed E-state index contributed by atoms with van der Waals surface area (Å²) in [5, 5.41) is 20.7. The maximum absolute atomic E-state index is 12.2. The van der Waals surface area contributed by atoms with Crippen LogP contribution in [0.1, 0.15) is 65.7 Å². The lowest BCUT2D eigenvalue weighted by Crippen LogP contribution is -2.51. The van der Waals surface area contributed by atoms with Gasteiger partial charge in [-0.15, -0.1) is 0 Å². The zero-order valence-electron chi connectivity index (χ0n) is 15.3. The third-order valence-corrected chi connectivity index (χ3v) is 8.54. The first-order chi connectivity index (χ1) is 11.3. The van der Waals surface area contributed by atoms with Crippen LogP contribution in [0.2, 0.25) is 0 Å². The number of rotatable bonds is 1. The molecule has 4 rings (SSSR count). The van der Waals surface area contributed by atoms with Gasteiger partial charge in [0.1, 0.15) is 5.78 Å². The molecule has 8 atom stereocenters. The van der Waals surface area contributed by atoms with Gasteiger partial charge in [0.2, 0.25) is 0 Å². The van der Waals surface area contributed by atoms with E-state index in [1.165, 1.54) is 5.57 Å². The molecule has 0 aromatic rings. The number of hydrogen-bond donors (Lipinski definition) is 2. The fourth-order valence-corrected chi connectivity index (χ4v) is 7.39. The predicted molar refractivity (Wildman–Crippen MR) is 93.3 cm³/mol. The lowest BCUT2D eigenvalue weighted by Gasteiger charge is -2.57. The molecule has 0 radical (unpaired) electrons. The maximum atomic E-state index is 12.2. The van der Waals surface area contributed by atoms with Gasteiger partial charge >= 0.3 is 0 Å². The van der Waals surface area contributed by atoms with Crippen molar-refractivity contribution >= 4 is 5.78 Å². The van der Waals surface area contributed by atoms with E-state index < -0.39 is 6.10 Å². The molecule has 0 aliphatic heterocycles. The Morgan fingerprint density at radius 1 is 1.17 bits per heavy atom. The van der Waals surface area contributed by atoms with E-state index in [1.54, 1.807) is 6.92 Å². The van der Waals surface area contributed by atoms with Gasteiger partial charge in [0.05, 0.1) is 12.2 Å². The summed E-state index contributed by atoms with van der Waals surface area (Å²) in [4.78, 5) is 12.2. The number of fused-ring (bicyclic) bond motifs is 5. The van der Waals surface area contributed by atoms with E-state index in [1.807, 2.05) is 0 Å². The van der Waals surface area contributed by atoms with Crippen LogP contribution in [0.3, 0.4) is 0 Å². The van der Waals surface area contributed by atoms with Gasteiger partial charge in [-0.1, -0.05) is 25.5 Å². The molecule has 4 aliphatic rings. The highest BCUT2D eigenvalue weighted by Gasteiger charge is 2.61. The molecule has 0 heterocycles. The van der Waals surface area contributed by atoms with Crippen LogP contribution in [0, 0.1) is 34.5 Å². The molecule has 4 aliphatic carbocycles. The van der Waals surface area contributed by atoms with Crippen LogP contribution >= 0.6 is 0 Å². The van der Waals surface area contributed by atoms with Crippen molar-refractivity contribution < 1.29 is 15.0 Å². The number of allylic oxidation sites excluding steroid dienone is 1.